The van der Waals surface area contributed by atoms with Gasteiger partial charge in [0.05, 0.1) is 31.7 Å². The van der Waals surface area contributed by atoms with Crippen molar-refractivity contribution in [1.29, 1.82) is 0 Å². The van der Waals surface area contributed by atoms with E-state index < -0.39 is 0 Å². The molecule has 3 rings (SSSR count). The summed E-state index contributed by atoms with van der Waals surface area (Å²) in [4.78, 5) is 19.9. The van der Waals surface area contributed by atoms with Gasteiger partial charge >= 0.3 is 0 Å². The summed E-state index contributed by atoms with van der Waals surface area (Å²) < 4.78 is 10.6. The lowest BCUT2D eigenvalue weighted by molar-refractivity contribution is 0.355. The van der Waals surface area contributed by atoms with Crippen molar-refractivity contribution >= 4 is 10.9 Å². The predicted molar refractivity (Wildman–Crippen MR) is 107 cm³/mol. The Morgan fingerprint density at radius 3 is 2.52 bits per heavy atom. The van der Waals surface area contributed by atoms with Crippen LogP contribution in [-0.4, -0.2) is 24.2 Å². The van der Waals surface area contributed by atoms with Crippen LogP contribution in [0.5, 0.6) is 11.5 Å². The molecule has 2 N–H and O–H groups in total. The van der Waals surface area contributed by atoms with Crippen LogP contribution >= 0.6 is 0 Å². The Labute approximate surface area is 158 Å². The zero-order chi connectivity index (χ0) is 19.6. The first-order valence-electron chi connectivity index (χ1n) is 8.88. The predicted octanol–water partition coefficient (Wildman–Crippen LogP) is 3.41. The van der Waals surface area contributed by atoms with Gasteiger partial charge in [-0.2, -0.15) is 0 Å². The highest BCUT2D eigenvalue weighted by atomic mass is 16.5. The molecular weight excluding hydrogens is 342 g/mol. The molecule has 2 aromatic carbocycles. The van der Waals surface area contributed by atoms with E-state index in [0.717, 1.165) is 0 Å². The Hall–Kier alpha value is -2.86. The molecule has 0 saturated carbocycles. The number of aromatic amines is 1. The SMILES string of the molecule is COc1cc2nc(CNC(C)c3cc(C)ccc3C)[nH]c(=O)c2cc1OC. The van der Waals surface area contributed by atoms with E-state index in [0.29, 0.717) is 34.8 Å². The molecule has 6 nitrogen and oxygen atoms in total. The van der Waals surface area contributed by atoms with Gasteiger partial charge in [-0.1, -0.05) is 23.8 Å². The minimum Gasteiger partial charge on any atom is -0.493 e. The summed E-state index contributed by atoms with van der Waals surface area (Å²) in [6.45, 7) is 6.74. The van der Waals surface area contributed by atoms with Crippen LogP contribution in [-0.2, 0) is 6.54 Å². The fraction of sp³-hybridized carbons (Fsp3) is 0.333. The monoisotopic (exact) mass is 367 g/mol. The Bertz CT molecular complexity index is 1030. The Morgan fingerprint density at radius 2 is 1.81 bits per heavy atom. The number of hydrogen-bond acceptors (Lipinski definition) is 5. The van der Waals surface area contributed by atoms with E-state index in [1.165, 1.54) is 23.8 Å². The maximum Gasteiger partial charge on any atom is 0.258 e. The van der Waals surface area contributed by atoms with Gasteiger partial charge in [-0.05, 0) is 38.0 Å². The number of benzene rings is 2. The standard InChI is InChI=1S/C21H25N3O3/c1-12-6-7-13(2)15(8-12)14(3)22-11-20-23-17-10-19(27-5)18(26-4)9-16(17)21(25)24-20/h6-10,14,22H,11H2,1-5H3,(H,23,24,25). The van der Waals surface area contributed by atoms with Gasteiger partial charge in [0.1, 0.15) is 5.82 Å². The minimum atomic E-state index is -0.197. The van der Waals surface area contributed by atoms with Crippen molar-refractivity contribution in [3.8, 4) is 11.5 Å². The number of rotatable bonds is 6. The molecule has 0 fully saturated rings. The lowest BCUT2D eigenvalue weighted by atomic mass is 10.00. The maximum absolute atomic E-state index is 12.5. The quantitative estimate of drug-likeness (QED) is 0.698. The molecule has 0 amide bonds. The van der Waals surface area contributed by atoms with Crippen molar-refractivity contribution in [3.05, 3.63) is 63.2 Å². The molecule has 0 aliphatic rings. The first-order chi connectivity index (χ1) is 12.9. The van der Waals surface area contributed by atoms with Crippen molar-refractivity contribution in [2.75, 3.05) is 14.2 Å². The van der Waals surface area contributed by atoms with E-state index >= 15 is 0 Å². The summed E-state index contributed by atoms with van der Waals surface area (Å²) in [5.41, 5.74) is 4.08. The van der Waals surface area contributed by atoms with Crippen LogP contribution in [0.2, 0.25) is 0 Å². The third-order valence-electron chi connectivity index (χ3n) is 4.74. The highest BCUT2D eigenvalue weighted by Gasteiger charge is 2.13. The number of aryl methyl sites for hydroxylation is 2. The maximum atomic E-state index is 12.5. The average molecular weight is 367 g/mol. The largest absolute Gasteiger partial charge is 0.493 e. The molecule has 0 saturated heterocycles. The van der Waals surface area contributed by atoms with Gasteiger partial charge in [0.2, 0.25) is 0 Å². The number of fused-ring (bicyclic) bond motifs is 1. The zero-order valence-corrected chi connectivity index (χ0v) is 16.3. The second-order valence-corrected chi connectivity index (χ2v) is 6.70. The molecule has 1 unspecified atom stereocenters. The Balaban J connectivity index is 1.87. The third-order valence-corrected chi connectivity index (χ3v) is 4.74. The van der Waals surface area contributed by atoms with Crippen LogP contribution in [0, 0.1) is 13.8 Å². The van der Waals surface area contributed by atoms with E-state index in [1.54, 1.807) is 19.2 Å². The highest BCUT2D eigenvalue weighted by Crippen LogP contribution is 2.30. The van der Waals surface area contributed by atoms with Crippen LogP contribution in [0.3, 0.4) is 0 Å². The Kier molecular flexibility index (Phi) is 5.46. The van der Waals surface area contributed by atoms with E-state index in [-0.39, 0.29) is 11.6 Å². The van der Waals surface area contributed by atoms with Gasteiger partial charge in [-0.3, -0.25) is 4.79 Å². The number of nitrogens with zero attached hydrogens (tertiary/aromatic N) is 1. The first kappa shape index (κ1) is 18.9. The number of methoxy groups -OCH3 is 2. The lowest BCUT2D eigenvalue weighted by Gasteiger charge is -2.17. The number of nitrogens with one attached hydrogen (secondary N) is 2. The summed E-state index contributed by atoms with van der Waals surface area (Å²) in [6.07, 6.45) is 0. The van der Waals surface area contributed by atoms with Crippen molar-refractivity contribution in [3.63, 3.8) is 0 Å². The van der Waals surface area contributed by atoms with E-state index in [2.05, 4.69) is 54.3 Å². The molecule has 3 aromatic rings. The van der Waals surface area contributed by atoms with Crippen LogP contribution in [0.4, 0.5) is 0 Å². The van der Waals surface area contributed by atoms with Crippen LogP contribution in [0.25, 0.3) is 10.9 Å². The molecule has 0 aliphatic heterocycles. The van der Waals surface area contributed by atoms with Crippen LogP contribution in [0.15, 0.2) is 35.1 Å². The van der Waals surface area contributed by atoms with E-state index in [4.69, 9.17) is 9.47 Å². The second-order valence-electron chi connectivity index (χ2n) is 6.70. The van der Waals surface area contributed by atoms with E-state index in [9.17, 15) is 4.79 Å². The molecule has 1 aromatic heterocycles. The van der Waals surface area contributed by atoms with Gasteiger partial charge in [0, 0.05) is 12.1 Å². The lowest BCUT2D eigenvalue weighted by Crippen LogP contribution is -2.23. The van der Waals surface area contributed by atoms with Crippen molar-refractivity contribution in [2.45, 2.75) is 33.4 Å². The fourth-order valence-corrected chi connectivity index (χ4v) is 3.18. The summed E-state index contributed by atoms with van der Waals surface area (Å²) in [6, 6.07) is 9.92. The van der Waals surface area contributed by atoms with Gasteiger partial charge in [0.15, 0.2) is 11.5 Å². The minimum absolute atomic E-state index is 0.135. The number of ether oxygens (including phenoxy) is 2. The van der Waals surface area contributed by atoms with Crippen LogP contribution in [0.1, 0.15) is 35.5 Å². The van der Waals surface area contributed by atoms with Gasteiger partial charge in [0.25, 0.3) is 5.56 Å². The van der Waals surface area contributed by atoms with Gasteiger partial charge < -0.3 is 19.8 Å². The summed E-state index contributed by atoms with van der Waals surface area (Å²) in [5, 5.41) is 3.91. The smallest absolute Gasteiger partial charge is 0.258 e. The molecule has 6 heteroatoms. The summed E-state index contributed by atoms with van der Waals surface area (Å²) in [5.74, 6) is 1.63. The summed E-state index contributed by atoms with van der Waals surface area (Å²) >= 11 is 0. The normalized spacial score (nSPS) is 12.2. The molecule has 27 heavy (non-hydrogen) atoms. The van der Waals surface area contributed by atoms with Gasteiger partial charge in [-0.25, -0.2) is 4.98 Å². The van der Waals surface area contributed by atoms with Crippen LogP contribution < -0.4 is 20.3 Å². The number of H-pyrrole nitrogens is 1. The number of aromatic nitrogens is 2. The second kappa shape index (κ2) is 7.80. The van der Waals surface area contributed by atoms with Crippen molar-refractivity contribution in [1.82, 2.24) is 15.3 Å². The third kappa shape index (κ3) is 3.95. The van der Waals surface area contributed by atoms with Crippen molar-refractivity contribution < 1.29 is 9.47 Å². The molecule has 1 atom stereocenters. The molecule has 142 valence electrons. The summed E-state index contributed by atoms with van der Waals surface area (Å²) in [7, 11) is 3.10. The van der Waals surface area contributed by atoms with Gasteiger partial charge in [-0.15, -0.1) is 0 Å². The Morgan fingerprint density at radius 1 is 1.11 bits per heavy atom. The first-order valence-corrected chi connectivity index (χ1v) is 8.88. The molecule has 0 spiro atoms. The molecule has 1 heterocycles. The molecular formula is C21H25N3O3. The zero-order valence-electron chi connectivity index (χ0n) is 16.3. The van der Waals surface area contributed by atoms with E-state index in [1.807, 2.05) is 0 Å². The molecule has 0 bridgehead atoms. The highest BCUT2D eigenvalue weighted by molar-refractivity contribution is 5.81. The van der Waals surface area contributed by atoms with Crippen molar-refractivity contribution in [2.24, 2.45) is 0 Å². The molecule has 0 radical (unpaired) electrons. The molecule has 0 aliphatic carbocycles. The average Bonchev–Trinajstić information content (AvgIpc) is 2.67. The topological polar surface area (TPSA) is 76.2 Å². The number of hydrogen-bond donors (Lipinski definition) is 2. The fourth-order valence-electron chi connectivity index (χ4n) is 3.18.